The van der Waals surface area contributed by atoms with E-state index in [-0.39, 0.29) is 5.75 Å². The first-order chi connectivity index (χ1) is 12.8. The number of aryl methyl sites for hydroxylation is 1. The largest absolute Gasteiger partial charge is 0.506 e. The summed E-state index contributed by atoms with van der Waals surface area (Å²) in [4.78, 5) is 8.92. The Morgan fingerprint density at radius 2 is 1.70 bits per heavy atom. The van der Waals surface area contributed by atoms with Crippen LogP contribution in [0.4, 0.5) is 5.82 Å². The van der Waals surface area contributed by atoms with Crippen molar-refractivity contribution in [3.8, 4) is 17.1 Å². The zero-order valence-electron chi connectivity index (χ0n) is 14.5. The zero-order chi connectivity index (χ0) is 19.6. The Hall–Kier alpha value is -1.77. The van der Waals surface area contributed by atoms with E-state index in [4.69, 9.17) is 0 Å². The Morgan fingerprint density at radius 1 is 1.00 bits per heavy atom. The highest BCUT2D eigenvalue weighted by Gasteiger charge is 2.13. The Balaban J connectivity index is 1.92. The SMILES string of the molecule is C/C(=N\Nc1cc(C)nc(-c2cc(Br)cc(Br)c2O)n1)c1ccc(Br)cc1. The number of benzene rings is 2. The molecule has 0 bridgehead atoms. The highest BCUT2D eigenvalue weighted by Crippen LogP contribution is 2.37. The summed E-state index contributed by atoms with van der Waals surface area (Å²) in [7, 11) is 0. The summed E-state index contributed by atoms with van der Waals surface area (Å²) in [6, 6.07) is 13.2. The van der Waals surface area contributed by atoms with E-state index in [2.05, 4.69) is 68.3 Å². The zero-order valence-corrected chi connectivity index (χ0v) is 19.2. The second-order valence-electron chi connectivity index (χ2n) is 5.82. The van der Waals surface area contributed by atoms with Crippen molar-refractivity contribution in [1.82, 2.24) is 9.97 Å². The third-order valence-corrected chi connectivity index (χ3v) is 5.31. The van der Waals surface area contributed by atoms with Crippen LogP contribution in [0, 0.1) is 6.92 Å². The van der Waals surface area contributed by atoms with Crippen molar-refractivity contribution in [1.29, 1.82) is 0 Å². The van der Waals surface area contributed by atoms with Gasteiger partial charge in [-0.15, -0.1) is 0 Å². The Labute approximate surface area is 182 Å². The van der Waals surface area contributed by atoms with E-state index in [1.54, 1.807) is 18.2 Å². The lowest BCUT2D eigenvalue weighted by molar-refractivity contribution is 0.473. The van der Waals surface area contributed by atoms with E-state index in [1.807, 2.05) is 38.1 Å². The quantitative estimate of drug-likeness (QED) is 0.294. The normalized spacial score (nSPS) is 11.5. The molecular formula is C19H15Br3N4O. The van der Waals surface area contributed by atoms with Crippen LogP contribution in [-0.2, 0) is 0 Å². The number of nitrogens with zero attached hydrogens (tertiary/aromatic N) is 3. The first-order valence-corrected chi connectivity index (χ1v) is 10.3. The number of anilines is 1. The van der Waals surface area contributed by atoms with E-state index in [9.17, 15) is 5.11 Å². The summed E-state index contributed by atoms with van der Waals surface area (Å²) >= 11 is 10.2. The summed E-state index contributed by atoms with van der Waals surface area (Å²) < 4.78 is 2.39. The molecular weight excluding hydrogens is 540 g/mol. The van der Waals surface area contributed by atoms with Crippen molar-refractivity contribution in [3.63, 3.8) is 0 Å². The minimum atomic E-state index is 0.0873. The van der Waals surface area contributed by atoms with Crippen LogP contribution in [-0.4, -0.2) is 20.8 Å². The number of rotatable bonds is 4. The van der Waals surface area contributed by atoms with Gasteiger partial charge in [0.05, 0.1) is 15.7 Å². The summed E-state index contributed by atoms with van der Waals surface area (Å²) in [5, 5.41) is 14.8. The lowest BCUT2D eigenvalue weighted by Crippen LogP contribution is -2.03. The maximum Gasteiger partial charge on any atom is 0.165 e. The number of hydrazone groups is 1. The van der Waals surface area contributed by atoms with Crippen molar-refractivity contribution in [3.05, 3.63) is 67.1 Å². The maximum absolute atomic E-state index is 10.3. The molecule has 1 heterocycles. The molecule has 0 radical (unpaired) electrons. The maximum atomic E-state index is 10.3. The number of hydrogen-bond donors (Lipinski definition) is 2. The predicted molar refractivity (Wildman–Crippen MR) is 119 cm³/mol. The fourth-order valence-electron chi connectivity index (χ4n) is 2.38. The van der Waals surface area contributed by atoms with Gasteiger partial charge in [-0.2, -0.15) is 5.10 Å². The predicted octanol–water partition coefficient (Wildman–Crippen LogP) is 6.28. The van der Waals surface area contributed by atoms with Crippen molar-refractivity contribution in [2.24, 2.45) is 5.10 Å². The molecule has 0 aliphatic heterocycles. The van der Waals surface area contributed by atoms with Crippen LogP contribution in [0.1, 0.15) is 18.2 Å². The molecule has 0 saturated carbocycles. The number of phenolic OH excluding ortho intramolecular Hbond substituents is 1. The highest BCUT2D eigenvalue weighted by molar-refractivity contribution is 9.11. The van der Waals surface area contributed by atoms with Crippen LogP contribution in [0.15, 0.2) is 61.0 Å². The second kappa shape index (κ2) is 8.50. The summed E-state index contributed by atoms with van der Waals surface area (Å²) in [5.41, 5.74) is 6.09. The molecule has 0 aliphatic rings. The molecule has 0 fully saturated rings. The van der Waals surface area contributed by atoms with Crippen LogP contribution < -0.4 is 5.43 Å². The number of hydrogen-bond acceptors (Lipinski definition) is 5. The lowest BCUT2D eigenvalue weighted by Gasteiger charge is -2.09. The second-order valence-corrected chi connectivity index (χ2v) is 8.50. The van der Waals surface area contributed by atoms with Crippen LogP contribution >= 0.6 is 47.8 Å². The molecule has 5 nitrogen and oxygen atoms in total. The third-order valence-electron chi connectivity index (χ3n) is 3.72. The number of halogens is 3. The fraction of sp³-hybridized carbons (Fsp3) is 0.105. The monoisotopic (exact) mass is 552 g/mol. The molecule has 0 saturated heterocycles. The number of nitrogens with one attached hydrogen (secondary N) is 1. The van der Waals surface area contributed by atoms with E-state index < -0.39 is 0 Å². The van der Waals surface area contributed by atoms with E-state index in [0.717, 1.165) is 25.9 Å². The first kappa shape index (κ1) is 20.0. The Kier molecular flexibility index (Phi) is 6.29. The van der Waals surface area contributed by atoms with Gasteiger partial charge >= 0.3 is 0 Å². The average molecular weight is 555 g/mol. The smallest absolute Gasteiger partial charge is 0.165 e. The van der Waals surface area contributed by atoms with Gasteiger partial charge in [-0.05, 0) is 59.6 Å². The Bertz CT molecular complexity index is 1020. The third kappa shape index (κ3) is 4.94. The van der Waals surface area contributed by atoms with E-state index >= 15 is 0 Å². The number of aromatic nitrogens is 2. The summed E-state index contributed by atoms with van der Waals surface area (Å²) in [6.45, 7) is 3.79. The molecule has 0 amide bonds. The van der Waals surface area contributed by atoms with Gasteiger partial charge in [0, 0.05) is 20.7 Å². The van der Waals surface area contributed by atoms with Gasteiger partial charge in [0.15, 0.2) is 11.6 Å². The van der Waals surface area contributed by atoms with Crippen molar-refractivity contribution in [2.75, 3.05) is 5.43 Å². The van der Waals surface area contributed by atoms with Crippen LogP contribution in [0.2, 0.25) is 0 Å². The van der Waals surface area contributed by atoms with Gasteiger partial charge in [-0.3, -0.25) is 5.43 Å². The van der Waals surface area contributed by atoms with Gasteiger partial charge in [0.2, 0.25) is 0 Å². The molecule has 3 aromatic rings. The Morgan fingerprint density at radius 3 is 2.41 bits per heavy atom. The van der Waals surface area contributed by atoms with Gasteiger partial charge in [-0.1, -0.05) is 44.0 Å². The van der Waals surface area contributed by atoms with Gasteiger partial charge in [0.1, 0.15) is 5.75 Å². The van der Waals surface area contributed by atoms with Crippen molar-refractivity contribution >= 4 is 59.3 Å². The number of aromatic hydroxyl groups is 1. The van der Waals surface area contributed by atoms with Crippen LogP contribution in [0.25, 0.3) is 11.4 Å². The van der Waals surface area contributed by atoms with E-state index in [0.29, 0.717) is 21.7 Å². The number of phenols is 1. The van der Waals surface area contributed by atoms with Crippen molar-refractivity contribution in [2.45, 2.75) is 13.8 Å². The van der Waals surface area contributed by atoms with Gasteiger partial charge in [-0.25, -0.2) is 9.97 Å². The molecule has 27 heavy (non-hydrogen) atoms. The fourth-order valence-corrected chi connectivity index (χ4v) is 3.87. The molecule has 2 N–H and O–H groups in total. The summed E-state index contributed by atoms with van der Waals surface area (Å²) in [6.07, 6.45) is 0. The van der Waals surface area contributed by atoms with Gasteiger partial charge in [0.25, 0.3) is 0 Å². The standard InChI is InChI=1S/C19H15Br3N4O/c1-10-7-17(26-25-11(2)12-3-5-13(20)6-4-12)24-19(23-10)15-8-14(21)9-16(22)18(15)27/h3-9,27H,1-2H3,(H,23,24,26)/b25-11+. The lowest BCUT2D eigenvalue weighted by atomic mass is 10.1. The van der Waals surface area contributed by atoms with Gasteiger partial charge < -0.3 is 5.11 Å². The first-order valence-electron chi connectivity index (χ1n) is 7.94. The molecule has 0 unspecified atom stereocenters. The highest BCUT2D eigenvalue weighted by atomic mass is 79.9. The average Bonchev–Trinajstić information content (AvgIpc) is 2.63. The molecule has 0 atom stereocenters. The van der Waals surface area contributed by atoms with Crippen molar-refractivity contribution < 1.29 is 5.11 Å². The molecule has 0 spiro atoms. The minimum absolute atomic E-state index is 0.0873. The topological polar surface area (TPSA) is 70.4 Å². The molecule has 138 valence electrons. The molecule has 2 aromatic carbocycles. The van der Waals surface area contributed by atoms with E-state index in [1.165, 1.54) is 0 Å². The molecule has 3 rings (SSSR count). The van der Waals surface area contributed by atoms with Crippen LogP contribution in [0.3, 0.4) is 0 Å². The van der Waals surface area contributed by atoms with Crippen LogP contribution in [0.5, 0.6) is 5.75 Å². The molecule has 0 aliphatic carbocycles. The summed E-state index contributed by atoms with van der Waals surface area (Å²) in [5.74, 6) is 1.04. The molecule has 1 aromatic heterocycles. The molecule has 8 heteroatoms. The minimum Gasteiger partial charge on any atom is -0.506 e.